The number of benzene rings is 2. The molecule has 2 aromatic carbocycles. The van der Waals surface area contributed by atoms with Gasteiger partial charge in [-0.2, -0.15) is 0 Å². The fourth-order valence-corrected chi connectivity index (χ4v) is 2.92. The summed E-state index contributed by atoms with van der Waals surface area (Å²) in [5.74, 6) is 0.342. The summed E-state index contributed by atoms with van der Waals surface area (Å²) < 4.78 is 5.50. The Hall–Kier alpha value is -2.82. The highest BCUT2D eigenvalue weighted by molar-refractivity contribution is 6.06. The van der Waals surface area contributed by atoms with Crippen LogP contribution in [0.25, 0.3) is 0 Å². The first-order valence-corrected chi connectivity index (χ1v) is 8.04. The van der Waals surface area contributed by atoms with Gasteiger partial charge in [-0.25, -0.2) is 0 Å². The number of hydrogen-bond donors (Lipinski definition) is 1. The van der Waals surface area contributed by atoms with Crippen molar-refractivity contribution in [3.63, 3.8) is 0 Å². The van der Waals surface area contributed by atoms with Crippen LogP contribution in [-0.2, 0) is 11.2 Å². The smallest absolute Gasteiger partial charge is 0.259 e. The molecule has 5 heteroatoms. The van der Waals surface area contributed by atoms with Crippen LogP contribution in [0.5, 0.6) is 5.75 Å². The summed E-state index contributed by atoms with van der Waals surface area (Å²) in [4.78, 5) is 26.0. The van der Waals surface area contributed by atoms with Gasteiger partial charge in [0.2, 0.25) is 5.91 Å². The fraction of sp³-hybridized carbons (Fsp3) is 0.263. The van der Waals surface area contributed by atoms with Gasteiger partial charge in [0, 0.05) is 24.8 Å². The first kappa shape index (κ1) is 16.1. The Kier molecular flexibility index (Phi) is 4.51. The molecule has 5 nitrogen and oxygen atoms in total. The van der Waals surface area contributed by atoms with Crippen molar-refractivity contribution >= 4 is 23.2 Å². The van der Waals surface area contributed by atoms with Crippen LogP contribution in [0.15, 0.2) is 42.5 Å². The number of rotatable bonds is 4. The number of amides is 2. The molecule has 2 aromatic rings. The molecule has 24 heavy (non-hydrogen) atoms. The highest BCUT2D eigenvalue weighted by atomic mass is 16.5. The summed E-state index contributed by atoms with van der Waals surface area (Å²) in [6, 6.07) is 12.8. The summed E-state index contributed by atoms with van der Waals surface area (Å²) in [7, 11) is 0. The third kappa shape index (κ3) is 3.11. The van der Waals surface area contributed by atoms with Crippen molar-refractivity contribution in [1.29, 1.82) is 0 Å². The Morgan fingerprint density at radius 1 is 1.21 bits per heavy atom. The molecule has 0 unspecified atom stereocenters. The maximum absolute atomic E-state index is 12.6. The van der Waals surface area contributed by atoms with Crippen molar-refractivity contribution in [3.8, 4) is 5.75 Å². The zero-order valence-electron chi connectivity index (χ0n) is 13.8. The Labute approximate surface area is 141 Å². The van der Waals surface area contributed by atoms with E-state index < -0.39 is 0 Å². The van der Waals surface area contributed by atoms with E-state index in [0.717, 1.165) is 17.7 Å². The first-order valence-electron chi connectivity index (χ1n) is 8.04. The lowest BCUT2D eigenvalue weighted by Crippen LogP contribution is -2.25. The summed E-state index contributed by atoms with van der Waals surface area (Å²) in [6.07, 6.45) is 0.844. The standard InChI is InChI=1S/C19H20N2O3/c1-3-24-18-7-5-4-6-16(18)19(23)20-15-9-8-14-10-11-21(13(2)22)17(14)12-15/h4-9,12H,3,10-11H2,1-2H3,(H,20,23). The van der Waals surface area contributed by atoms with Crippen LogP contribution >= 0.6 is 0 Å². The molecule has 0 aliphatic carbocycles. The van der Waals surface area contributed by atoms with Crippen LogP contribution in [0.3, 0.4) is 0 Å². The van der Waals surface area contributed by atoms with E-state index in [2.05, 4.69) is 5.32 Å². The predicted octanol–water partition coefficient (Wildman–Crippen LogP) is 3.25. The molecule has 0 fully saturated rings. The van der Waals surface area contributed by atoms with E-state index >= 15 is 0 Å². The average molecular weight is 324 g/mol. The number of nitrogens with one attached hydrogen (secondary N) is 1. The zero-order chi connectivity index (χ0) is 17.1. The quantitative estimate of drug-likeness (QED) is 0.939. The lowest BCUT2D eigenvalue weighted by atomic mass is 10.1. The number of carbonyl (C=O) groups excluding carboxylic acids is 2. The number of nitrogens with zero attached hydrogens (tertiary/aromatic N) is 1. The molecular weight excluding hydrogens is 304 g/mol. The molecule has 0 spiro atoms. The van der Waals surface area contributed by atoms with Crippen LogP contribution < -0.4 is 15.0 Å². The van der Waals surface area contributed by atoms with Crippen LogP contribution in [0.1, 0.15) is 29.8 Å². The van der Waals surface area contributed by atoms with Crippen molar-refractivity contribution in [2.45, 2.75) is 20.3 Å². The summed E-state index contributed by atoms with van der Waals surface area (Å²) in [6.45, 7) is 4.62. The van der Waals surface area contributed by atoms with Gasteiger partial charge in [-0.1, -0.05) is 18.2 Å². The number of anilines is 2. The topological polar surface area (TPSA) is 58.6 Å². The van der Waals surface area contributed by atoms with Gasteiger partial charge in [-0.05, 0) is 43.2 Å². The Morgan fingerprint density at radius 2 is 2.00 bits per heavy atom. The molecule has 0 saturated heterocycles. The third-order valence-electron chi connectivity index (χ3n) is 4.05. The van der Waals surface area contributed by atoms with Gasteiger partial charge < -0.3 is 15.0 Å². The molecule has 0 atom stereocenters. The van der Waals surface area contributed by atoms with E-state index in [1.54, 1.807) is 30.0 Å². The maximum Gasteiger partial charge on any atom is 0.259 e. The van der Waals surface area contributed by atoms with Gasteiger partial charge in [-0.15, -0.1) is 0 Å². The van der Waals surface area contributed by atoms with Crippen LogP contribution in [0.2, 0.25) is 0 Å². The molecule has 124 valence electrons. The van der Waals surface area contributed by atoms with Gasteiger partial charge in [0.15, 0.2) is 0 Å². The molecular formula is C19H20N2O3. The lowest BCUT2D eigenvalue weighted by Gasteiger charge is -2.16. The second kappa shape index (κ2) is 6.74. The molecule has 1 aliphatic heterocycles. The largest absolute Gasteiger partial charge is 0.493 e. The SMILES string of the molecule is CCOc1ccccc1C(=O)Nc1ccc2c(c1)N(C(C)=O)CC2. The zero-order valence-corrected chi connectivity index (χ0v) is 13.8. The predicted molar refractivity (Wildman–Crippen MR) is 93.7 cm³/mol. The molecule has 0 aromatic heterocycles. The fourth-order valence-electron chi connectivity index (χ4n) is 2.92. The van der Waals surface area contributed by atoms with Gasteiger partial charge in [0.05, 0.1) is 12.2 Å². The van der Waals surface area contributed by atoms with Crippen molar-refractivity contribution in [3.05, 3.63) is 53.6 Å². The van der Waals surface area contributed by atoms with Crippen LogP contribution in [0, 0.1) is 0 Å². The van der Waals surface area contributed by atoms with Crippen molar-refractivity contribution in [1.82, 2.24) is 0 Å². The van der Waals surface area contributed by atoms with Gasteiger partial charge in [-0.3, -0.25) is 9.59 Å². The molecule has 1 heterocycles. The van der Waals surface area contributed by atoms with Crippen molar-refractivity contribution < 1.29 is 14.3 Å². The van der Waals surface area contributed by atoms with E-state index in [1.807, 2.05) is 31.2 Å². The summed E-state index contributed by atoms with van der Waals surface area (Å²) in [5.41, 5.74) is 3.15. The minimum absolute atomic E-state index is 0.0129. The number of ether oxygens (including phenoxy) is 1. The number of para-hydroxylation sites is 1. The molecule has 0 radical (unpaired) electrons. The Balaban J connectivity index is 1.83. The van der Waals surface area contributed by atoms with Crippen molar-refractivity contribution in [2.24, 2.45) is 0 Å². The maximum atomic E-state index is 12.6. The Morgan fingerprint density at radius 3 is 2.75 bits per heavy atom. The minimum atomic E-state index is -0.230. The second-order valence-corrected chi connectivity index (χ2v) is 5.65. The van der Waals surface area contributed by atoms with Crippen LogP contribution in [-0.4, -0.2) is 25.0 Å². The van der Waals surface area contributed by atoms with E-state index in [4.69, 9.17) is 4.74 Å². The highest BCUT2D eigenvalue weighted by Crippen LogP contribution is 2.31. The summed E-state index contributed by atoms with van der Waals surface area (Å²) in [5, 5.41) is 2.89. The van der Waals surface area contributed by atoms with Gasteiger partial charge in [0.1, 0.15) is 5.75 Å². The van der Waals surface area contributed by atoms with E-state index in [0.29, 0.717) is 30.2 Å². The molecule has 0 bridgehead atoms. The number of hydrogen-bond acceptors (Lipinski definition) is 3. The average Bonchev–Trinajstić information content (AvgIpc) is 2.99. The second-order valence-electron chi connectivity index (χ2n) is 5.65. The summed E-state index contributed by atoms with van der Waals surface area (Å²) >= 11 is 0. The number of carbonyl (C=O) groups is 2. The van der Waals surface area contributed by atoms with E-state index in [1.165, 1.54) is 0 Å². The first-order chi connectivity index (χ1) is 11.6. The highest BCUT2D eigenvalue weighted by Gasteiger charge is 2.22. The normalized spacial score (nSPS) is 12.7. The van der Waals surface area contributed by atoms with Crippen molar-refractivity contribution in [2.75, 3.05) is 23.4 Å². The molecule has 2 amide bonds. The van der Waals surface area contributed by atoms with Gasteiger partial charge >= 0.3 is 0 Å². The molecule has 3 rings (SSSR count). The van der Waals surface area contributed by atoms with Crippen LogP contribution in [0.4, 0.5) is 11.4 Å². The third-order valence-corrected chi connectivity index (χ3v) is 4.05. The van der Waals surface area contributed by atoms with Gasteiger partial charge in [0.25, 0.3) is 5.91 Å². The van der Waals surface area contributed by atoms with E-state index in [9.17, 15) is 9.59 Å². The number of fused-ring (bicyclic) bond motifs is 1. The molecule has 1 N–H and O–H groups in total. The lowest BCUT2D eigenvalue weighted by molar-refractivity contribution is -0.116. The monoisotopic (exact) mass is 324 g/mol. The molecule has 1 aliphatic rings. The molecule has 0 saturated carbocycles. The minimum Gasteiger partial charge on any atom is -0.493 e. The Bertz CT molecular complexity index is 786. The van der Waals surface area contributed by atoms with E-state index in [-0.39, 0.29) is 11.8 Å².